The number of aliphatic hydroxyl groups excluding tert-OH is 1. The van der Waals surface area contributed by atoms with Gasteiger partial charge in [-0.2, -0.15) is 0 Å². The number of hydrogen-bond donors (Lipinski definition) is 1. The van der Waals surface area contributed by atoms with Gasteiger partial charge in [-0.1, -0.05) is 31.9 Å². The topological polar surface area (TPSA) is 66.8 Å². The highest BCUT2D eigenvalue weighted by atomic mass is 19.1. The third kappa shape index (κ3) is 4.01. The minimum atomic E-state index is -0.741. The molecule has 1 heterocycles. The van der Waals surface area contributed by atoms with Crippen LogP contribution in [0.15, 0.2) is 48.0 Å². The molecule has 2 aromatic carbocycles. The highest BCUT2D eigenvalue weighted by molar-refractivity contribution is 6.46. The largest absolute Gasteiger partial charge is 0.507 e. The molecular weight excluding hydrogens is 409 g/mol. The van der Waals surface area contributed by atoms with Crippen molar-refractivity contribution >= 4 is 17.4 Å². The molecule has 1 saturated heterocycles. The van der Waals surface area contributed by atoms with Crippen LogP contribution in [-0.2, 0) is 9.59 Å². The second-order valence-electron chi connectivity index (χ2n) is 8.52. The molecule has 1 unspecified atom stereocenters. The smallest absolute Gasteiger partial charge is 0.295 e. The first-order valence-electron chi connectivity index (χ1n) is 11.2. The minimum absolute atomic E-state index is 0.0511. The fourth-order valence-corrected chi connectivity index (χ4v) is 4.71. The zero-order chi connectivity index (χ0) is 22.8. The van der Waals surface area contributed by atoms with Crippen molar-refractivity contribution < 1.29 is 23.8 Å². The van der Waals surface area contributed by atoms with Crippen molar-refractivity contribution in [2.75, 3.05) is 6.61 Å². The van der Waals surface area contributed by atoms with E-state index in [9.17, 15) is 19.1 Å². The summed E-state index contributed by atoms with van der Waals surface area (Å²) in [6.45, 7) is 4.48. The van der Waals surface area contributed by atoms with E-state index in [0.29, 0.717) is 23.5 Å². The number of Topliss-reactive ketones (excluding diaryl/α,β-unsaturated/α-hetero) is 1. The van der Waals surface area contributed by atoms with E-state index in [0.717, 1.165) is 37.7 Å². The average molecular weight is 438 g/mol. The number of ketones is 1. The monoisotopic (exact) mass is 437 g/mol. The maximum Gasteiger partial charge on any atom is 0.295 e. The van der Waals surface area contributed by atoms with Gasteiger partial charge in [0, 0.05) is 11.6 Å². The maximum absolute atomic E-state index is 13.6. The Balaban J connectivity index is 1.81. The summed E-state index contributed by atoms with van der Waals surface area (Å²) in [7, 11) is 0. The number of ether oxygens (including phenoxy) is 1. The summed E-state index contributed by atoms with van der Waals surface area (Å²) < 4.78 is 19.3. The van der Waals surface area contributed by atoms with Crippen LogP contribution < -0.4 is 4.74 Å². The maximum atomic E-state index is 13.6. The molecule has 0 aromatic heterocycles. The van der Waals surface area contributed by atoms with Crippen LogP contribution in [0.3, 0.4) is 0 Å². The van der Waals surface area contributed by atoms with E-state index < -0.39 is 23.5 Å². The summed E-state index contributed by atoms with van der Waals surface area (Å²) in [5.41, 5.74) is 1.93. The number of aryl methyl sites for hydroxylation is 1. The third-order valence-electron chi connectivity index (χ3n) is 6.29. The predicted molar refractivity (Wildman–Crippen MR) is 120 cm³/mol. The molecule has 2 fully saturated rings. The van der Waals surface area contributed by atoms with Gasteiger partial charge in [-0.15, -0.1) is 0 Å². The second kappa shape index (κ2) is 9.15. The van der Waals surface area contributed by atoms with E-state index in [4.69, 9.17) is 4.74 Å². The van der Waals surface area contributed by atoms with Crippen LogP contribution in [-0.4, -0.2) is 34.3 Å². The molecule has 6 heteroatoms. The van der Waals surface area contributed by atoms with Gasteiger partial charge in [0.2, 0.25) is 0 Å². The molecule has 1 atom stereocenters. The van der Waals surface area contributed by atoms with E-state index in [1.807, 2.05) is 13.8 Å². The number of carbonyl (C=O) groups excluding carboxylic acids is 2. The van der Waals surface area contributed by atoms with Crippen LogP contribution in [0.4, 0.5) is 4.39 Å². The molecule has 0 bridgehead atoms. The average Bonchev–Trinajstić information content (AvgIpc) is 3.40. The standard InChI is InChI=1S/C26H28FNO4/c1-3-14-32-21-13-10-18(15-16(21)2)24(29)22-23(17-8-11-19(27)12-9-17)28(26(31)25(22)30)20-6-4-5-7-20/h8-13,15,20,23,29H,3-7,14H2,1-2H3/b24-22-. The van der Waals surface area contributed by atoms with E-state index in [1.165, 1.54) is 12.1 Å². The number of halogens is 1. The Morgan fingerprint density at radius 1 is 1.12 bits per heavy atom. The van der Waals surface area contributed by atoms with Crippen LogP contribution in [0.1, 0.15) is 61.8 Å². The summed E-state index contributed by atoms with van der Waals surface area (Å²) >= 11 is 0. The van der Waals surface area contributed by atoms with E-state index in [2.05, 4.69) is 0 Å². The van der Waals surface area contributed by atoms with Crippen LogP contribution in [0.5, 0.6) is 5.75 Å². The molecule has 2 aromatic rings. The summed E-state index contributed by atoms with van der Waals surface area (Å²) in [4.78, 5) is 27.8. The number of rotatable bonds is 6. The molecule has 0 radical (unpaired) electrons. The molecule has 32 heavy (non-hydrogen) atoms. The van der Waals surface area contributed by atoms with Crippen LogP contribution >= 0.6 is 0 Å². The molecule has 1 N–H and O–H groups in total. The molecule has 2 aliphatic rings. The molecule has 168 valence electrons. The van der Waals surface area contributed by atoms with Gasteiger partial charge in [0.1, 0.15) is 17.3 Å². The summed E-state index contributed by atoms with van der Waals surface area (Å²) in [6, 6.07) is 10.2. The lowest BCUT2D eigenvalue weighted by molar-refractivity contribution is -0.141. The van der Waals surface area contributed by atoms with Crippen molar-refractivity contribution in [3.05, 3.63) is 70.5 Å². The first kappa shape index (κ1) is 22.1. The minimum Gasteiger partial charge on any atom is -0.507 e. The van der Waals surface area contributed by atoms with Gasteiger partial charge >= 0.3 is 0 Å². The number of benzene rings is 2. The second-order valence-corrected chi connectivity index (χ2v) is 8.52. The van der Waals surface area contributed by atoms with Crippen molar-refractivity contribution in [2.24, 2.45) is 0 Å². The summed E-state index contributed by atoms with van der Waals surface area (Å²) in [5.74, 6) is -1.21. The number of nitrogens with zero attached hydrogens (tertiary/aromatic N) is 1. The molecule has 1 amide bonds. The molecular formula is C26H28FNO4. The Hall–Kier alpha value is -3.15. The van der Waals surface area contributed by atoms with Crippen molar-refractivity contribution in [3.8, 4) is 5.75 Å². The van der Waals surface area contributed by atoms with Crippen molar-refractivity contribution in [2.45, 2.75) is 58.0 Å². The van der Waals surface area contributed by atoms with Gasteiger partial charge in [-0.05, 0) is 67.6 Å². The quantitative estimate of drug-likeness (QED) is 0.379. The van der Waals surface area contributed by atoms with Gasteiger partial charge in [0.15, 0.2) is 0 Å². The Kier molecular flexibility index (Phi) is 6.31. The summed E-state index contributed by atoms with van der Waals surface area (Å²) in [5, 5.41) is 11.2. The van der Waals surface area contributed by atoms with E-state index in [-0.39, 0.29) is 17.4 Å². The first-order valence-corrected chi connectivity index (χ1v) is 11.2. The normalized spacial score (nSPS) is 20.8. The number of aliphatic hydroxyl groups is 1. The number of carbonyl (C=O) groups is 2. The molecule has 1 aliphatic heterocycles. The number of hydrogen-bond acceptors (Lipinski definition) is 4. The van der Waals surface area contributed by atoms with E-state index in [1.54, 1.807) is 35.2 Å². The number of likely N-dealkylation sites (tertiary alicyclic amines) is 1. The Morgan fingerprint density at radius 3 is 2.44 bits per heavy atom. The zero-order valence-electron chi connectivity index (χ0n) is 18.4. The lowest BCUT2D eigenvalue weighted by Crippen LogP contribution is -2.37. The lowest BCUT2D eigenvalue weighted by Gasteiger charge is -2.30. The molecule has 4 rings (SSSR count). The van der Waals surface area contributed by atoms with Crippen molar-refractivity contribution in [3.63, 3.8) is 0 Å². The van der Waals surface area contributed by atoms with Crippen molar-refractivity contribution in [1.29, 1.82) is 0 Å². The van der Waals surface area contributed by atoms with Gasteiger partial charge in [-0.3, -0.25) is 9.59 Å². The van der Waals surface area contributed by atoms with Crippen molar-refractivity contribution in [1.82, 2.24) is 4.90 Å². The Morgan fingerprint density at radius 2 is 1.81 bits per heavy atom. The first-order chi connectivity index (χ1) is 15.4. The predicted octanol–water partition coefficient (Wildman–Crippen LogP) is 5.29. The highest BCUT2D eigenvalue weighted by Crippen LogP contribution is 2.43. The van der Waals surface area contributed by atoms with Gasteiger partial charge in [0.25, 0.3) is 11.7 Å². The lowest BCUT2D eigenvalue weighted by atomic mass is 9.94. The third-order valence-corrected chi connectivity index (χ3v) is 6.29. The summed E-state index contributed by atoms with van der Waals surface area (Å²) in [6.07, 6.45) is 4.48. The number of amides is 1. The molecule has 1 saturated carbocycles. The zero-order valence-corrected chi connectivity index (χ0v) is 18.4. The Labute approximate surface area is 187 Å². The molecule has 1 aliphatic carbocycles. The molecule has 5 nitrogen and oxygen atoms in total. The Bertz CT molecular complexity index is 1050. The van der Waals surface area contributed by atoms with Gasteiger partial charge in [-0.25, -0.2) is 4.39 Å². The van der Waals surface area contributed by atoms with Crippen LogP contribution in [0.2, 0.25) is 0 Å². The van der Waals surface area contributed by atoms with E-state index >= 15 is 0 Å². The van der Waals surface area contributed by atoms with Crippen LogP contribution in [0.25, 0.3) is 5.76 Å². The van der Waals surface area contributed by atoms with Gasteiger partial charge < -0.3 is 14.7 Å². The highest BCUT2D eigenvalue weighted by Gasteiger charge is 2.49. The van der Waals surface area contributed by atoms with Gasteiger partial charge in [0.05, 0.1) is 18.2 Å². The SMILES string of the molecule is CCCOc1ccc(/C(O)=C2/C(=O)C(=O)N(C3CCCC3)C2c2ccc(F)cc2)cc1C. The van der Waals surface area contributed by atoms with Crippen LogP contribution in [0, 0.1) is 12.7 Å². The fraction of sp³-hybridized carbons (Fsp3) is 0.385. The fourth-order valence-electron chi connectivity index (χ4n) is 4.71. The molecule has 0 spiro atoms.